The third-order valence-electron chi connectivity index (χ3n) is 4.73. The summed E-state index contributed by atoms with van der Waals surface area (Å²) in [5.74, 6) is -1.18. The molecule has 2 aromatic carbocycles. The van der Waals surface area contributed by atoms with E-state index in [1.165, 1.54) is 24.3 Å². The molecule has 9 heteroatoms. The van der Waals surface area contributed by atoms with Crippen molar-refractivity contribution in [1.29, 1.82) is 0 Å². The molecule has 8 nitrogen and oxygen atoms in total. The highest BCUT2D eigenvalue weighted by atomic mass is 32.2. The van der Waals surface area contributed by atoms with Gasteiger partial charge in [-0.05, 0) is 42.5 Å². The Morgan fingerprint density at radius 3 is 2.41 bits per heavy atom. The van der Waals surface area contributed by atoms with Crippen LogP contribution < -0.4 is 10.9 Å². The number of fused-ring (bicyclic) bond motifs is 1. The highest BCUT2D eigenvalue weighted by Gasteiger charge is 2.16. The summed E-state index contributed by atoms with van der Waals surface area (Å²) in [5.41, 5.74) is 7.07. The first kappa shape index (κ1) is 21.1. The number of sulfone groups is 1. The zero-order valence-electron chi connectivity index (χ0n) is 16.9. The molecule has 2 heterocycles. The Bertz CT molecular complexity index is 1440. The molecule has 0 aliphatic carbocycles. The molecule has 0 radical (unpaired) electrons. The molecule has 2 N–H and O–H groups in total. The predicted molar refractivity (Wildman–Crippen MR) is 119 cm³/mol. The molecule has 0 saturated heterocycles. The van der Waals surface area contributed by atoms with Crippen LogP contribution in [0.15, 0.2) is 84.0 Å². The van der Waals surface area contributed by atoms with Crippen LogP contribution in [0, 0.1) is 0 Å². The number of hydrogen-bond acceptors (Lipinski definition) is 6. The number of carbonyl (C=O) groups excluding carboxylic acids is 2. The van der Waals surface area contributed by atoms with Crippen molar-refractivity contribution < 1.29 is 18.0 Å². The molecular formula is C23H18N4O4S. The van der Waals surface area contributed by atoms with Gasteiger partial charge in [-0.3, -0.25) is 25.4 Å². The number of rotatable bonds is 4. The molecular weight excluding hydrogens is 428 g/mol. The van der Waals surface area contributed by atoms with E-state index >= 15 is 0 Å². The van der Waals surface area contributed by atoms with Crippen LogP contribution in [0.3, 0.4) is 0 Å². The van der Waals surface area contributed by atoms with E-state index in [1.54, 1.807) is 42.7 Å². The van der Waals surface area contributed by atoms with E-state index in [1.807, 2.05) is 12.1 Å². The van der Waals surface area contributed by atoms with Gasteiger partial charge < -0.3 is 0 Å². The summed E-state index contributed by atoms with van der Waals surface area (Å²) >= 11 is 0. The first-order valence-electron chi connectivity index (χ1n) is 9.54. The lowest BCUT2D eigenvalue weighted by Crippen LogP contribution is -2.41. The monoisotopic (exact) mass is 446 g/mol. The van der Waals surface area contributed by atoms with Crippen molar-refractivity contribution in [3.05, 3.63) is 90.3 Å². The molecule has 0 atom stereocenters. The number of hydrazine groups is 1. The number of amides is 2. The van der Waals surface area contributed by atoms with Crippen LogP contribution in [0.2, 0.25) is 0 Å². The van der Waals surface area contributed by atoms with E-state index in [9.17, 15) is 18.0 Å². The Morgan fingerprint density at radius 1 is 0.875 bits per heavy atom. The molecule has 2 amide bonds. The van der Waals surface area contributed by atoms with E-state index in [0.29, 0.717) is 22.2 Å². The number of para-hydroxylation sites is 1. The maximum Gasteiger partial charge on any atom is 0.270 e. The Balaban J connectivity index is 1.61. The maximum absolute atomic E-state index is 12.9. The van der Waals surface area contributed by atoms with Crippen molar-refractivity contribution in [1.82, 2.24) is 20.8 Å². The Kier molecular flexibility index (Phi) is 5.65. The van der Waals surface area contributed by atoms with E-state index in [2.05, 4.69) is 20.8 Å². The minimum Gasteiger partial charge on any atom is -0.267 e. The molecule has 32 heavy (non-hydrogen) atoms. The fraction of sp³-hybridized carbons (Fsp3) is 0.0435. The lowest BCUT2D eigenvalue weighted by molar-refractivity contribution is 0.0847. The second kappa shape index (κ2) is 8.56. The van der Waals surface area contributed by atoms with E-state index in [0.717, 1.165) is 11.8 Å². The van der Waals surface area contributed by atoms with E-state index in [4.69, 9.17) is 0 Å². The Hall–Kier alpha value is -4.11. The van der Waals surface area contributed by atoms with Crippen LogP contribution in [0.1, 0.15) is 20.7 Å². The summed E-state index contributed by atoms with van der Waals surface area (Å²) in [6.45, 7) is 0. The van der Waals surface area contributed by atoms with Gasteiger partial charge in [-0.2, -0.15) is 0 Å². The van der Waals surface area contributed by atoms with Gasteiger partial charge in [0.15, 0.2) is 9.84 Å². The minimum atomic E-state index is -3.47. The Labute approximate surface area is 184 Å². The summed E-state index contributed by atoms with van der Waals surface area (Å²) in [5, 5.41) is 0.617. The van der Waals surface area contributed by atoms with Gasteiger partial charge in [0, 0.05) is 35.2 Å². The van der Waals surface area contributed by atoms with Gasteiger partial charge in [-0.15, -0.1) is 0 Å². The molecule has 0 spiro atoms. The maximum atomic E-state index is 12.9. The molecule has 4 aromatic rings. The zero-order valence-corrected chi connectivity index (χ0v) is 17.8. The largest absolute Gasteiger partial charge is 0.270 e. The smallest absolute Gasteiger partial charge is 0.267 e. The van der Waals surface area contributed by atoms with Crippen molar-refractivity contribution in [3.8, 4) is 11.3 Å². The molecule has 0 aliphatic heterocycles. The molecule has 0 unspecified atom stereocenters. The van der Waals surface area contributed by atoms with Crippen LogP contribution >= 0.6 is 0 Å². The van der Waals surface area contributed by atoms with E-state index in [-0.39, 0.29) is 10.5 Å². The highest BCUT2D eigenvalue weighted by Crippen LogP contribution is 2.24. The van der Waals surface area contributed by atoms with Gasteiger partial charge in [0.2, 0.25) is 0 Å². The second-order valence-electron chi connectivity index (χ2n) is 7.02. The van der Waals surface area contributed by atoms with Gasteiger partial charge in [0.05, 0.1) is 21.7 Å². The number of aromatic nitrogens is 2. The first-order valence-corrected chi connectivity index (χ1v) is 11.4. The number of pyridine rings is 2. The van der Waals surface area contributed by atoms with Gasteiger partial charge >= 0.3 is 0 Å². The van der Waals surface area contributed by atoms with Crippen LogP contribution in [0.25, 0.3) is 22.2 Å². The highest BCUT2D eigenvalue weighted by molar-refractivity contribution is 7.90. The molecule has 2 aromatic heterocycles. The third kappa shape index (κ3) is 4.47. The summed E-state index contributed by atoms with van der Waals surface area (Å²) in [4.78, 5) is 34.1. The van der Waals surface area contributed by atoms with Crippen molar-refractivity contribution in [2.45, 2.75) is 4.90 Å². The van der Waals surface area contributed by atoms with Crippen molar-refractivity contribution in [2.75, 3.05) is 6.26 Å². The molecule has 0 aliphatic rings. The quantitative estimate of drug-likeness (QED) is 0.466. The summed E-state index contributed by atoms with van der Waals surface area (Å²) in [6.07, 6.45) is 4.35. The Morgan fingerprint density at radius 2 is 1.66 bits per heavy atom. The standard InChI is InChI=1S/C23H18N4O4S/c1-32(30,31)17-8-4-6-15(12-17)22(28)26-27-23(29)19-13-21(16-7-5-11-24-14-16)25-20-10-3-2-9-18(19)20/h2-14H,1H3,(H,26,28)(H,27,29). The van der Waals surface area contributed by atoms with Gasteiger partial charge in [0.25, 0.3) is 11.8 Å². The minimum absolute atomic E-state index is 0.0118. The van der Waals surface area contributed by atoms with Gasteiger partial charge in [0.1, 0.15) is 0 Å². The number of carbonyl (C=O) groups is 2. The lowest BCUT2D eigenvalue weighted by Gasteiger charge is -2.11. The predicted octanol–water partition coefficient (Wildman–Crippen LogP) is 2.78. The van der Waals surface area contributed by atoms with Crippen molar-refractivity contribution in [2.24, 2.45) is 0 Å². The fourth-order valence-corrected chi connectivity index (χ4v) is 3.81. The van der Waals surface area contributed by atoms with Crippen molar-refractivity contribution in [3.63, 3.8) is 0 Å². The topological polar surface area (TPSA) is 118 Å². The molecule has 0 saturated carbocycles. The fourth-order valence-electron chi connectivity index (χ4n) is 3.15. The first-order chi connectivity index (χ1) is 15.3. The van der Waals surface area contributed by atoms with Gasteiger partial charge in [-0.1, -0.05) is 24.3 Å². The summed E-state index contributed by atoms with van der Waals surface area (Å²) in [7, 11) is -3.47. The SMILES string of the molecule is CS(=O)(=O)c1cccc(C(=O)NNC(=O)c2cc(-c3cccnc3)nc3ccccc23)c1. The second-order valence-corrected chi connectivity index (χ2v) is 9.04. The van der Waals surface area contributed by atoms with Crippen LogP contribution in [0.4, 0.5) is 0 Å². The number of nitrogens with one attached hydrogen (secondary N) is 2. The molecule has 160 valence electrons. The summed E-state index contributed by atoms with van der Waals surface area (Å²) < 4.78 is 23.4. The van der Waals surface area contributed by atoms with Crippen LogP contribution in [-0.4, -0.2) is 36.5 Å². The lowest BCUT2D eigenvalue weighted by atomic mass is 10.0. The normalized spacial score (nSPS) is 11.2. The number of nitrogens with zero attached hydrogens (tertiary/aromatic N) is 2. The van der Waals surface area contributed by atoms with E-state index < -0.39 is 21.7 Å². The zero-order chi connectivity index (χ0) is 22.7. The third-order valence-corrected chi connectivity index (χ3v) is 5.84. The average molecular weight is 446 g/mol. The molecule has 0 fully saturated rings. The average Bonchev–Trinajstić information content (AvgIpc) is 2.81. The number of benzene rings is 2. The number of hydrogen-bond donors (Lipinski definition) is 2. The van der Waals surface area contributed by atoms with Crippen LogP contribution in [-0.2, 0) is 9.84 Å². The van der Waals surface area contributed by atoms with Crippen molar-refractivity contribution >= 4 is 32.6 Å². The van der Waals surface area contributed by atoms with Crippen LogP contribution in [0.5, 0.6) is 0 Å². The molecule has 0 bridgehead atoms. The van der Waals surface area contributed by atoms with Gasteiger partial charge in [-0.25, -0.2) is 13.4 Å². The molecule has 4 rings (SSSR count). The summed E-state index contributed by atoms with van der Waals surface area (Å²) in [6, 6.07) is 18.0.